The van der Waals surface area contributed by atoms with E-state index in [1.54, 1.807) is 6.92 Å². The normalized spacial score (nSPS) is 26.7. The van der Waals surface area contributed by atoms with E-state index in [1.165, 1.54) is 6.08 Å². The molecule has 3 unspecified atom stereocenters. The minimum atomic E-state index is -4.93. The summed E-state index contributed by atoms with van der Waals surface area (Å²) in [6, 6.07) is 0. The van der Waals surface area contributed by atoms with Gasteiger partial charge in [-0.25, -0.2) is 4.99 Å². The van der Waals surface area contributed by atoms with Gasteiger partial charge in [-0.05, 0) is 17.6 Å². The number of aliphatic hydroxyl groups excluding tert-OH is 1. The zero-order valence-corrected chi connectivity index (χ0v) is 11.9. The Labute approximate surface area is 127 Å². The van der Waals surface area contributed by atoms with Crippen LogP contribution in [0.2, 0.25) is 0 Å². The first-order valence-corrected chi connectivity index (χ1v) is 6.72. The lowest BCUT2D eigenvalue weighted by atomic mass is 9.75. The standard InChI is InChI=1S/C14H14F6N2O/c1-6-2-3-8(13(15,16)17)12-11(6)7(9(23)5-21)4-10(22-12)14(18,19)20/h2-4,6,9,11,23H,5,21H2,1H3. The van der Waals surface area contributed by atoms with E-state index in [-0.39, 0.29) is 5.57 Å². The zero-order chi connectivity index (χ0) is 17.6. The number of hydrogen-bond acceptors (Lipinski definition) is 3. The molecular weight excluding hydrogens is 326 g/mol. The quantitative estimate of drug-likeness (QED) is 0.760. The lowest BCUT2D eigenvalue weighted by Crippen LogP contribution is -2.37. The molecule has 1 heterocycles. The molecule has 9 heteroatoms. The van der Waals surface area contributed by atoms with E-state index in [4.69, 9.17) is 5.73 Å². The predicted molar refractivity (Wildman–Crippen MR) is 71.5 cm³/mol. The largest absolute Gasteiger partial charge is 0.433 e. The number of fused-ring (bicyclic) bond motifs is 1. The van der Waals surface area contributed by atoms with Crippen LogP contribution in [0.1, 0.15) is 6.92 Å². The number of nitrogens with two attached hydrogens (primary N) is 1. The first-order chi connectivity index (χ1) is 10.5. The van der Waals surface area contributed by atoms with Crippen molar-refractivity contribution in [1.29, 1.82) is 0 Å². The van der Waals surface area contributed by atoms with E-state index >= 15 is 0 Å². The lowest BCUT2D eigenvalue weighted by molar-refractivity contribution is -0.0901. The average molecular weight is 340 g/mol. The molecule has 23 heavy (non-hydrogen) atoms. The Morgan fingerprint density at radius 1 is 1.22 bits per heavy atom. The first kappa shape index (κ1) is 17.7. The average Bonchev–Trinajstić information content (AvgIpc) is 2.43. The molecule has 0 aromatic heterocycles. The van der Waals surface area contributed by atoms with Gasteiger partial charge in [0.1, 0.15) is 5.71 Å². The summed E-state index contributed by atoms with van der Waals surface area (Å²) in [7, 11) is 0. The van der Waals surface area contributed by atoms with Crippen LogP contribution in [-0.4, -0.2) is 35.8 Å². The maximum atomic E-state index is 13.1. The van der Waals surface area contributed by atoms with Crippen LogP contribution in [0.25, 0.3) is 0 Å². The van der Waals surface area contributed by atoms with Crippen molar-refractivity contribution in [3.05, 3.63) is 35.1 Å². The fourth-order valence-corrected chi connectivity index (χ4v) is 2.69. The molecule has 0 saturated carbocycles. The molecule has 0 fully saturated rings. The molecule has 2 aliphatic rings. The summed E-state index contributed by atoms with van der Waals surface area (Å²) in [6.07, 6.45) is -8.70. The van der Waals surface area contributed by atoms with E-state index in [2.05, 4.69) is 4.99 Å². The van der Waals surface area contributed by atoms with Crippen molar-refractivity contribution in [3.63, 3.8) is 0 Å². The number of halogens is 6. The highest BCUT2D eigenvalue weighted by molar-refractivity contribution is 6.02. The van der Waals surface area contributed by atoms with Gasteiger partial charge in [0.15, 0.2) is 0 Å². The van der Waals surface area contributed by atoms with Crippen LogP contribution in [0.3, 0.4) is 0 Å². The molecule has 0 spiro atoms. The Hall–Kier alpha value is -1.61. The molecular formula is C14H14F6N2O. The smallest absolute Gasteiger partial charge is 0.387 e. The van der Waals surface area contributed by atoms with Crippen molar-refractivity contribution < 1.29 is 31.4 Å². The molecule has 2 rings (SSSR count). The van der Waals surface area contributed by atoms with Crippen molar-refractivity contribution in [1.82, 2.24) is 0 Å². The summed E-state index contributed by atoms with van der Waals surface area (Å²) in [5.41, 5.74) is 1.62. The Morgan fingerprint density at radius 3 is 2.30 bits per heavy atom. The molecule has 0 bridgehead atoms. The second kappa shape index (κ2) is 5.79. The van der Waals surface area contributed by atoms with Crippen molar-refractivity contribution in [2.24, 2.45) is 22.6 Å². The molecule has 0 radical (unpaired) electrons. The van der Waals surface area contributed by atoms with E-state index < -0.39 is 53.8 Å². The maximum Gasteiger partial charge on any atom is 0.433 e. The van der Waals surface area contributed by atoms with Gasteiger partial charge in [0.25, 0.3) is 0 Å². The number of nitrogens with zero attached hydrogens (tertiary/aromatic N) is 1. The number of aliphatic imine (C=N–C) groups is 1. The molecule has 3 N–H and O–H groups in total. The molecule has 1 aliphatic carbocycles. The van der Waals surface area contributed by atoms with Crippen LogP contribution in [0.5, 0.6) is 0 Å². The van der Waals surface area contributed by atoms with Gasteiger partial charge in [0.05, 0.1) is 17.4 Å². The Kier molecular flexibility index (Phi) is 4.46. The van der Waals surface area contributed by atoms with E-state index in [9.17, 15) is 31.4 Å². The summed E-state index contributed by atoms with van der Waals surface area (Å²) in [5, 5.41) is 9.87. The summed E-state index contributed by atoms with van der Waals surface area (Å²) in [4.78, 5) is 3.21. The summed E-state index contributed by atoms with van der Waals surface area (Å²) < 4.78 is 78.2. The predicted octanol–water partition coefficient (Wildman–Crippen LogP) is 2.89. The molecule has 3 nitrogen and oxygen atoms in total. The van der Waals surface area contributed by atoms with Crippen LogP contribution in [0.15, 0.2) is 40.1 Å². The fourth-order valence-electron chi connectivity index (χ4n) is 2.69. The minimum Gasteiger partial charge on any atom is -0.387 e. The second-order valence-corrected chi connectivity index (χ2v) is 5.38. The highest BCUT2D eigenvalue weighted by Crippen LogP contribution is 2.45. The van der Waals surface area contributed by atoms with Gasteiger partial charge in [-0.2, -0.15) is 26.3 Å². The third-order valence-corrected chi connectivity index (χ3v) is 3.77. The molecule has 0 amide bonds. The fraction of sp³-hybridized carbons (Fsp3) is 0.500. The molecule has 128 valence electrons. The molecule has 0 aromatic rings. The van der Waals surface area contributed by atoms with Crippen LogP contribution in [0.4, 0.5) is 26.3 Å². The highest BCUT2D eigenvalue weighted by atomic mass is 19.4. The number of hydrogen-bond donors (Lipinski definition) is 2. The summed E-state index contributed by atoms with van der Waals surface area (Å²) in [6.45, 7) is 1.14. The Balaban J connectivity index is 2.70. The SMILES string of the molecule is CC1C=CC(C(F)(F)F)=C2N=C(C(F)(F)F)C=C(C(O)CN)C21. The monoisotopic (exact) mass is 340 g/mol. The Bertz CT molecular complexity index is 612. The first-order valence-electron chi connectivity index (χ1n) is 6.72. The van der Waals surface area contributed by atoms with Crippen molar-refractivity contribution >= 4 is 5.71 Å². The van der Waals surface area contributed by atoms with Crippen molar-refractivity contribution in [2.45, 2.75) is 25.4 Å². The number of rotatable bonds is 2. The van der Waals surface area contributed by atoms with Crippen LogP contribution in [-0.2, 0) is 0 Å². The van der Waals surface area contributed by atoms with Crippen LogP contribution in [0, 0.1) is 11.8 Å². The maximum absolute atomic E-state index is 13.1. The molecule has 0 saturated heterocycles. The Morgan fingerprint density at radius 2 is 1.83 bits per heavy atom. The summed E-state index contributed by atoms with van der Waals surface area (Å²) >= 11 is 0. The van der Waals surface area contributed by atoms with Gasteiger partial charge in [0, 0.05) is 12.5 Å². The number of aliphatic hydroxyl groups is 1. The van der Waals surface area contributed by atoms with Gasteiger partial charge in [-0.1, -0.05) is 19.1 Å². The van der Waals surface area contributed by atoms with Crippen LogP contribution >= 0.6 is 0 Å². The zero-order valence-electron chi connectivity index (χ0n) is 11.9. The van der Waals surface area contributed by atoms with Crippen LogP contribution < -0.4 is 5.73 Å². The van der Waals surface area contributed by atoms with E-state index in [0.717, 1.165) is 6.08 Å². The lowest BCUT2D eigenvalue weighted by Gasteiger charge is -2.35. The van der Waals surface area contributed by atoms with Gasteiger partial charge in [-0.15, -0.1) is 0 Å². The van der Waals surface area contributed by atoms with Gasteiger partial charge in [-0.3, -0.25) is 0 Å². The molecule has 3 atom stereocenters. The second-order valence-electron chi connectivity index (χ2n) is 5.38. The van der Waals surface area contributed by atoms with Gasteiger partial charge < -0.3 is 10.8 Å². The number of alkyl halides is 6. The van der Waals surface area contributed by atoms with E-state index in [1.807, 2.05) is 0 Å². The third kappa shape index (κ3) is 3.35. The molecule has 1 aliphatic heterocycles. The minimum absolute atomic E-state index is 0.205. The number of dihydropyridines is 1. The third-order valence-electron chi connectivity index (χ3n) is 3.77. The van der Waals surface area contributed by atoms with Gasteiger partial charge in [0.2, 0.25) is 0 Å². The number of allylic oxidation sites excluding steroid dienone is 5. The highest BCUT2D eigenvalue weighted by Gasteiger charge is 2.46. The molecule has 0 aromatic carbocycles. The van der Waals surface area contributed by atoms with Crippen molar-refractivity contribution in [2.75, 3.05) is 6.54 Å². The van der Waals surface area contributed by atoms with E-state index in [0.29, 0.717) is 6.08 Å². The van der Waals surface area contributed by atoms with Gasteiger partial charge >= 0.3 is 12.4 Å². The summed E-state index contributed by atoms with van der Waals surface area (Å²) in [5.74, 6) is -1.65. The topological polar surface area (TPSA) is 58.6 Å². The van der Waals surface area contributed by atoms with Crippen molar-refractivity contribution in [3.8, 4) is 0 Å².